The van der Waals surface area contributed by atoms with Gasteiger partial charge >= 0.3 is 0 Å². The van der Waals surface area contributed by atoms with E-state index < -0.39 is 0 Å². The molecule has 0 aliphatic heterocycles. The molecule has 0 atom stereocenters. The van der Waals surface area contributed by atoms with Crippen molar-refractivity contribution in [2.24, 2.45) is 0 Å². The summed E-state index contributed by atoms with van der Waals surface area (Å²) in [5, 5.41) is 1.09. The van der Waals surface area contributed by atoms with Gasteiger partial charge in [0.15, 0.2) is 0 Å². The summed E-state index contributed by atoms with van der Waals surface area (Å²) in [5.41, 5.74) is 1.78. The Morgan fingerprint density at radius 2 is 2.00 bits per heavy atom. The van der Waals surface area contributed by atoms with Crippen LogP contribution < -0.4 is 0 Å². The van der Waals surface area contributed by atoms with Crippen molar-refractivity contribution in [1.29, 1.82) is 0 Å². The van der Waals surface area contributed by atoms with Crippen LogP contribution in [0.3, 0.4) is 0 Å². The molecule has 14 heavy (non-hydrogen) atoms. The predicted octanol–water partition coefficient (Wildman–Crippen LogP) is 3.86. The molecule has 1 radical (unpaired) electrons. The molecule has 0 spiro atoms. The van der Waals surface area contributed by atoms with E-state index in [1.165, 1.54) is 0 Å². The molecule has 1 heterocycles. The second kappa shape index (κ2) is 3.99. The predicted molar refractivity (Wildman–Crippen MR) is 58.5 cm³/mol. The molecule has 0 saturated carbocycles. The van der Waals surface area contributed by atoms with E-state index >= 15 is 0 Å². The molecule has 1 aromatic heterocycles. The van der Waals surface area contributed by atoms with Crippen molar-refractivity contribution < 1.29 is 0 Å². The molecular formula is C11H6Cl2N. The lowest BCUT2D eigenvalue weighted by Gasteiger charge is -2.01. The molecule has 0 saturated heterocycles. The normalized spacial score (nSPS) is 10.1. The lowest BCUT2D eigenvalue weighted by molar-refractivity contribution is 1.32. The highest BCUT2D eigenvalue weighted by Gasteiger charge is 2.01. The monoisotopic (exact) mass is 222 g/mol. The van der Waals surface area contributed by atoms with Crippen molar-refractivity contribution in [2.45, 2.75) is 0 Å². The number of hydrogen-bond acceptors (Lipinski definition) is 1. The van der Waals surface area contributed by atoms with E-state index in [2.05, 4.69) is 11.1 Å². The number of benzene rings is 1. The van der Waals surface area contributed by atoms with Gasteiger partial charge in [-0.25, -0.2) is 0 Å². The molecule has 0 aliphatic rings. The smallest absolute Gasteiger partial charge is 0.0708 e. The molecule has 0 bridgehead atoms. The average Bonchev–Trinajstić information content (AvgIpc) is 2.23. The first kappa shape index (κ1) is 9.50. The molecule has 0 N–H and O–H groups in total. The van der Waals surface area contributed by atoms with Crippen LogP contribution >= 0.6 is 23.2 Å². The zero-order valence-corrected chi connectivity index (χ0v) is 8.68. The van der Waals surface area contributed by atoms with Crippen LogP contribution in [-0.2, 0) is 0 Å². The second-order valence-corrected chi connectivity index (χ2v) is 3.58. The van der Waals surface area contributed by atoms with Gasteiger partial charge in [0.05, 0.1) is 15.7 Å². The first-order valence-corrected chi connectivity index (χ1v) is 4.80. The molecule has 0 unspecified atom stereocenters. The highest BCUT2D eigenvalue weighted by Crippen LogP contribution is 2.27. The van der Waals surface area contributed by atoms with Gasteiger partial charge < -0.3 is 0 Å². The Labute approximate surface area is 92.3 Å². The van der Waals surface area contributed by atoms with Crippen LogP contribution in [0, 0.1) is 6.07 Å². The summed E-state index contributed by atoms with van der Waals surface area (Å²) in [6.07, 6.45) is 1.69. The highest BCUT2D eigenvalue weighted by atomic mass is 35.5. The standard InChI is InChI=1S/C11H6Cl2N/c12-9-5-4-8(7-10(9)13)11-3-1-2-6-14-11/h2-7H. The number of halogens is 2. The molecule has 3 heteroatoms. The van der Waals surface area contributed by atoms with Gasteiger partial charge in [-0.15, -0.1) is 0 Å². The van der Waals surface area contributed by atoms with Crippen molar-refractivity contribution >= 4 is 23.2 Å². The number of aromatic nitrogens is 1. The summed E-state index contributed by atoms with van der Waals surface area (Å²) in [5.74, 6) is 0. The van der Waals surface area contributed by atoms with Crippen molar-refractivity contribution in [1.82, 2.24) is 4.98 Å². The van der Waals surface area contributed by atoms with Crippen LogP contribution in [0.15, 0.2) is 36.5 Å². The zero-order chi connectivity index (χ0) is 9.97. The summed E-state index contributed by atoms with van der Waals surface area (Å²) < 4.78 is 0. The lowest BCUT2D eigenvalue weighted by atomic mass is 10.1. The van der Waals surface area contributed by atoms with Gasteiger partial charge in [-0.2, -0.15) is 0 Å². The van der Waals surface area contributed by atoms with E-state index in [0.717, 1.165) is 11.3 Å². The van der Waals surface area contributed by atoms with Crippen LogP contribution in [0.4, 0.5) is 0 Å². The minimum Gasteiger partial charge on any atom is -0.256 e. The molecule has 1 nitrogen and oxygen atoms in total. The maximum absolute atomic E-state index is 5.89. The minimum absolute atomic E-state index is 0.537. The summed E-state index contributed by atoms with van der Waals surface area (Å²) in [6.45, 7) is 0. The molecule has 1 aromatic carbocycles. The molecule has 2 aromatic rings. The van der Waals surface area contributed by atoms with Gasteiger partial charge in [-0.05, 0) is 30.3 Å². The van der Waals surface area contributed by atoms with E-state index in [-0.39, 0.29) is 0 Å². The Balaban J connectivity index is 2.48. The highest BCUT2D eigenvalue weighted by molar-refractivity contribution is 6.42. The van der Waals surface area contributed by atoms with Gasteiger partial charge in [0.25, 0.3) is 0 Å². The molecular weight excluding hydrogens is 217 g/mol. The summed E-state index contributed by atoms with van der Waals surface area (Å²) >= 11 is 11.7. The molecule has 0 aliphatic carbocycles. The number of rotatable bonds is 1. The molecule has 0 fully saturated rings. The maximum atomic E-state index is 5.89. The summed E-state index contributed by atoms with van der Waals surface area (Å²) in [7, 11) is 0. The fraction of sp³-hybridized carbons (Fsp3) is 0. The van der Waals surface area contributed by atoms with Crippen LogP contribution in [0.2, 0.25) is 10.0 Å². The first-order chi connectivity index (χ1) is 6.77. The fourth-order valence-electron chi connectivity index (χ4n) is 1.14. The Bertz CT molecular complexity index is 440. The minimum atomic E-state index is 0.537. The third-order valence-electron chi connectivity index (χ3n) is 1.82. The Hall–Kier alpha value is -1.05. The first-order valence-electron chi connectivity index (χ1n) is 4.05. The Kier molecular flexibility index (Phi) is 2.71. The van der Waals surface area contributed by atoms with Crippen molar-refractivity contribution in [2.75, 3.05) is 0 Å². The average molecular weight is 223 g/mol. The van der Waals surface area contributed by atoms with E-state index in [9.17, 15) is 0 Å². The Morgan fingerprint density at radius 1 is 1.14 bits per heavy atom. The third-order valence-corrected chi connectivity index (χ3v) is 2.56. The second-order valence-electron chi connectivity index (χ2n) is 2.77. The van der Waals surface area contributed by atoms with Crippen molar-refractivity contribution in [3.8, 4) is 11.3 Å². The third kappa shape index (κ3) is 1.89. The number of pyridine rings is 1. The zero-order valence-electron chi connectivity index (χ0n) is 7.17. The van der Waals surface area contributed by atoms with E-state index in [1.807, 2.05) is 6.07 Å². The molecule has 69 valence electrons. The van der Waals surface area contributed by atoms with Gasteiger partial charge in [0.1, 0.15) is 0 Å². The van der Waals surface area contributed by atoms with E-state index in [0.29, 0.717) is 10.0 Å². The van der Waals surface area contributed by atoms with Gasteiger partial charge in [-0.1, -0.05) is 29.3 Å². The van der Waals surface area contributed by atoms with Crippen LogP contribution in [0.5, 0.6) is 0 Å². The van der Waals surface area contributed by atoms with Crippen LogP contribution in [0.1, 0.15) is 0 Å². The van der Waals surface area contributed by atoms with Gasteiger partial charge in [0.2, 0.25) is 0 Å². The van der Waals surface area contributed by atoms with Crippen LogP contribution in [0.25, 0.3) is 11.3 Å². The van der Waals surface area contributed by atoms with E-state index in [4.69, 9.17) is 23.2 Å². The van der Waals surface area contributed by atoms with Crippen LogP contribution in [-0.4, -0.2) is 4.98 Å². The SMILES string of the molecule is Clc1ccc(-c2c[c]ccn2)cc1Cl. The van der Waals surface area contributed by atoms with Gasteiger partial charge in [0, 0.05) is 11.8 Å². The fourth-order valence-corrected chi connectivity index (χ4v) is 1.44. The van der Waals surface area contributed by atoms with Crippen molar-refractivity contribution in [3.63, 3.8) is 0 Å². The maximum Gasteiger partial charge on any atom is 0.0708 e. The topological polar surface area (TPSA) is 12.9 Å². The molecule has 2 rings (SSSR count). The largest absolute Gasteiger partial charge is 0.256 e. The molecule has 0 amide bonds. The number of hydrogen-bond donors (Lipinski definition) is 0. The summed E-state index contributed by atoms with van der Waals surface area (Å²) in [4.78, 5) is 4.19. The number of nitrogens with zero attached hydrogens (tertiary/aromatic N) is 1. The lowest BCUT2D eigenvalue weighted by Crippen LogP contribution is -1.81. The summed E-state index contributed by atoms with van der Waals surface area (Å²) in [6, 6.07) is 11.9. The van der Waals surface area contributed by atoms with E-state index in [1.54, 1.807) is 30.5 Å². The van der Waals surface area contributed by atoms with Crippen molar-refractivity contribution in [3.05, 3.63) is 52.6 Å². The quantitative estimate of drug-likeness (QED) is 0.715. The van der Waals surface area contributed by atoms with Gasteiger partial charge in [-0.3, -0.25) is 4.98 Å². The Morgan fingerprint density at radius 3 is 2.64 bits per heavy atom.